The summed E-state index contributed by atoms with van der Waals surface area (Å²) in [5.41, 5.74) is 0. The summed E-state index contributed by atoms with van der Waals surface area (Å²) in [6.45, 7) is 3.40. The van der Waals surface area contributed by atoms with E-state index in [1.54, 1.807) is 0 Å². The van der Waals surface area contributed by atoms with Crippen LogP contribution in [0.3, 0.4) is 0 Å². The Balaban J connectivity index is 2.42. The molecule has 0 aliphatic carbocycles. The number of hydrogen-bond donors (Lipinski definition) is 1. The zero-order valence-corrected chi connectivity index (χ0v) is 6.54. The Morgan fingerprint density at radius 1 is 1.82 bits per heavy atom. The van der Waals surface area contributed by atoms with Crippen molar-refractivity contribution in [3.8, 4) is 0 Å². The molecule has 0 saturated carbocycles. The third-order valence-corrected chi connectivity index (χ3v) is 1.64. The standard InChI is InChI=1S/C7H12N2O2/c1-6-4-9(2-3-10)5-7(11)8-6/h3,6H,2,4-5H2,1H3,(H,8,11). The summed E-state index contributed by atoms with van der Waals surface area (Å²) in [4.78, 5) is 22.8. The lowest BCUT2D eigenvalue weighted by atomic mass is 10.2. The van der Waals surface area contributed by atoms with E-state index < -0.39 is 0 Å². The highest BCUT2D eigenvalue weighted by Crippen LogP contribution is 1.97. The minimum Gasteiger partial charge on any atom is -0.351 e. The van der Waals surface area contributed by atoms with Crippen LogP contribution in [0.5, 0.6) is 0 Å². The fourth-order valence-electron chi connectivity index (χ4n) is 1.27. The van der Waals surface area contributed by atoms with E-state index in [9.17, 15) is 9.59 Å². The van der Waals surface area contributed by atoms with Gasteiger partial charge in [-0.1, -0.05) is 0 Å². The summed E-state index contributed by atoms with van der Waals surface area (Å²) < 4.78 is 0. The van der Waals surface area contributed by atoms with Crippen LogP contribution in [0.1, 0.15) is 6.92 Å². The molecule has 1 N–H and O–H groups in total. The highest BCUT2D eigenvalue weighted by atomic mass is 16.2. The Labute approximate surface area is 65.6 Å². The van der Waals surface area contributed by atoms with E-state index in [0.29, 0.717) is 13.1 Å². The summed E-state index contributed by atoms with van der Waals surface area (Å²) in [6, 6.07) is 0.163. The average Bonchev–Trinajstić information content (AvgIpc) is 1.85. The maximum absolute atomic E-state index is 10.9. The lowest BCUT2D eigenvalue weighted by Crippen LogP contribution is -2.53. The fraction of sp³-hybridized carbons (Fsp3) is 0.714. The second-order valence-electron chi connectivity index (χ2n) is 2.83. The number of hydrogen-bond acceptors (Lipinski definition) is 3. The maximum Gasteiger partial charge on any atom is 0.234 e. The van der Waals surface area contributed by atoms with Crippen molar-refractivity contribution in [2.24, 2.45) is 0 Å². The van der Waals surface area contributed by atoms with E-state index in [0.717, 1.165) is 12.8 Å². The third-order valence-electron chi connectivity index (χ3n) is 1.64. The number of nitrogens with zero attached hydrogens (tertiary/aromatic N) is 1. The van der Waals surface area contributed by atoms with Crippen LogP contribution in [-0.4, -0.2) is 42.8 Å². The monoisotopic (exact) mass is 156 g/mol. The average molecular weight is 156 g/mol. The zero-order chi connectivity index (χ0) is 8.27. The van der Waals surface area contributed by atoms with Crippen molar-refractivity contribution in [1.29, 1.82) is 0 Å². The normalized spacial score (nSPS) is 26.3. The smallest absolute Gasteiger partial charge is 0.234 e. The Bertz CT molecular complexity index is 170. The first-order valence-corrected chi connectivity index (χ1v) is 3.67. The molecule has 1 heterocycles. The van der Waals surface area contributed by atoms with Crippen LogP contribution in [0, 0.1) is 0 Å². The number of carbonyl (C=O) groups is 2. The molecule has 0 spiro atoms. The van der Waals surface area contributed by atoms with E-state index in [1.807, 2.05) is 11.8 Å². The molecular formula is C7H12N2O2. The molecule has 1 fully saturated rings. The number of carbonyl (C=O) groups excluding carboxylic acids is 2. The molecular weight excluding hydrogens is 144 g/mol. The van der Waals surface area contributed by atoms with E-state index in [4.69, 9.17) is 0 Å². The first-order chi connectivity index (χ1) is 5.22. The van der Waals surface area contributed by atoms with Gasteiger partial charge in [-0.25, -0.2) is 0 Å². The Morgan fingerprint density at radius 2 is 2.55 bits per heavy atom. The van der Waals surface area contributed by atoms with E-state index in [-0.39, 0.29) is 11.9 Å². The van der Waals surface area contributed by atoms with Gasteiger partial charge in [-0.15, -0.1) is 0 Å². The summed E-state index contributed by atoms with van der Waals surface area (Å²) in [5.74, 6) is 0.00519. The molecule has 0 bridgehead atoms. The lowest BCUT2D eigenvalue weighted by molar-refractivity contribution is -0.125. The molecule has 1 aliphatic rings. The molecule has 4 nitrogen and oxygen atoms in total. The highest BCUT2D eigenvalue weighted by Gasteiger charge is 2.20. The molecule has 11 heavy (non-hydrogen) atoms. The minimum absolute atomic E-state index is 0.00519. The molecule has 1 saturated heterocycles. The van der Waals surface area contributed by atoms with Crippen molar-refractivity contribution in [3.05, 3.63) is 0 Å². The van der Waals surface area contributed by atoms with Crippen molar-refractivity contribution in [3.63, 3.8) is 0 Å². The van der Waals surface area contributed by atoms with E-state index in [1.165, 1.54) is 0 Å². The summed E-state index contributed by atoms with van der Waals surface area (Å²) in [5, 5.41) is 2.77. The topological polar surface area (TPSA) is 49.4 Å². The molecule has 62 valence electrons. The highest BCUT2D eigenvalue weighted by molar-refractivity contribution is 5.79. The summed E-state index contributed by atoms with van der Waals surface area (Å²) in [6.07, 6.45) is 0.825. The Kier molecular flexibility index (Phi) is 2.59. The first-order valence-electron chi connectivity index (χ1n) is 3.67. The van der Waals surface area contributed by atoms with E-state index >= 15 is 0 Å². The van der Waals surface area contributed by atoms with Crippen molar-refractivity contribution >= 4 is 12.2 Å². The SMILES string of the molecule is CC1CN(CC=O)CC(=O)N1. The lowest BCUT2D eigenvalue weighted by Gasteiger charge is -2.29. The molecule has 1 rings (SSSR count). The third kappa shape index (κ3) is 2.31. The van der Waals surface area contributed by atoms with Crippen LogP contribution in [0.25, 0.3) is 0 Å². The first kappa shape index (κ1) is 8.20. The van der Waals surface area contributed by atoms with Gasteiger partial charge in [-0.05, 0) is 6.92 Å². The fourth-order valence-corrected chi connectivity index (χ4v) is 1.27. The van der Waals surface area contributed by atoms with Crippen LogP contribution in [0.15, 0.2) is 0 Å². The van der Waals surface area contributed by atoms with Gasteiger partial charge in [-0.2, -0.15) is 0 Å². The van der Waals surface area contributed by atoms with Gasteiger partial charge in [0.15, 0.2) is 0 Å². The molecule has 0 radical (unpaired) electrons. The summed E-state index contributed by atoms with van der Waals surface area (Å²) in [7, 11) is 0. The van der Waals surface area contributed by atoms with Gasteiger partial charge < -0.3 is 10.1 Å². The van der Waals surface area contributed by atoms with Gasteiger partial charge in [0.1, 0.15) is 6.29 Å². The molecule has 0 aromatic carbocycles. The van der Waals surface area contributed by atoms with Gasteiger partial charge in [0, 0.05) is 12.6 Å². The van der Waals surface area contributed by atoms with Crippen molar-refractivity contribution in [2.75, 3.05) is 19.6 Å². The maximum atomic E-state index is 10.9. The second kappa shape index (κ2) is 3.48. The van der Waals surface area contributed by atoms with Crippen LogP contribution in [-0.2, 0) is 9.59 Å². The second-order valence-corrected chi connectivity index (χ2v) is 2.83. The quantitative estimate of drug-likeness (QED) is 0.522. The molecule has 1 amide bonds. The van der Waals surface area contributed by atoms with Gasteiger partial charge in [0.05, 0.1) is 13.1 Å². The molecule has 1 aliphatic heterocycles. The predicted molar refractivity (Wildman–Crippen MR) is 40.1 cm³/mol. The largest absolute Gasteiger partial charge is 0.351 e. The van der Waals surface area contributed by atoms with Crippen molar-refractivity contribution in [2.45, 2.75) is 13.0 Å². The molecule has 4 heteroatoms. The minimum atomic E-state index is 0.00519. The van der Waals surface area contributed by atoms with E-state index in [2.05, 4.69) is 5.32 Å². The van der Waals surface area contributed by atoms with Crippen LogP contribution >= 0.6 is 0 Å². The number of rotatable bonds is 2. The molecule has 1 atom stereocenters. The molecule has 0 aromatic rings. The van der Waals surface area contributed by atoms with Gasteiger partial charge in [0.2, 0.25) is 5.91 Å². The molecule has 1 unspecified atom stereocenters. The number of amides is 1. The zero-order valence-electron chi connectivity index (χ0n) is 6.54. The van der Waals surface area contributed by atoms with Crippen LogP contribution in [0.4, 0.5) is 0 Å². The van der Waals surface area contributed by atoms with Gasteiger partial charge in [-0.3, -0.25) is 9.69 Å². The molecule has 0 aromatic heterocycles. The van der Waals surface area contributed by atoms with Gasteiger partial charge in [0.25, 0.3) is 0 Å². The van der Waals surface area contributed by atoms with Crippen LogP contribution in [0.2, 0.25) is 0 Å². The van der Waals surface area contributed by atoms with Crippen LogP contribution < -0.4 is 5.32 Å². The number of nitrogens with one attached hydrogen (secondary N) is 1. The number of piperazine rings is 1. The van der Waals surface area contributed by atoms with Crippen molar-refractivity contribution < 1.29 is 9.59 Å². The predicted octanol–water partition coefficient (Wildman–Crippen LogP) is -0.994. The number of aldehydes is 1. The van der Waals surface area contributed by atoms with Crippen molar-refractivity contribution in [1.82, 2.24) is 10.2 Å². The summed E-state index contributed by atoms with van der Waals surface area (Å²) >= 11 is 0. The Morgan fingerprint density at radius 3 is 3.09 bits per heavy atom. The van der Waals surface area contributed by atoms with Gasteiger partial charge >= 0.3 is 0 Å². The Hall–Kier alpha value is -0.900.